The fourth-order valence-electron chi connectivity index (χ4n) is 1.85. The largest absolute Gasteiger partial charge is 0.308 e. The quantitative estimate of drug-likeness (QED) is 0.943. The van der Waals surface area contributed by atoms with Gasteiger partial charge in [0.1, 0.15) is 6.07 Å². The minimum atomic E-state index is 0.0178. The lowest BCUT2D eigenvalue weighted by molar-refractivity contribution is 0.424. The zero-order chi connectivity index (χ0) is 14.8. The van der Waals surface area contributed by atoms with Crippen molar-refractivity contribution in [1.29, 1.82) is 5.26 Å². The van der Waals surface area contributed by atoms with E-state index >= 15 is 0 Å². The number of nitrogens with one attached hydrogen (secondary N) is 1. The van der Waals surface area contributed by atoms with Crippen molar-refractivity contribution in [1.82, 2.24) is 14.9 Å². The minimum Gasteiger partial charge on any atom is -0.308 e. The molecule has 0 bridgehead atoms. The fraction of sp³-hybridized carbons (Fsp3) is 0.333. The number of aromatic nitrogens is 2. The summed E-state index contributed by atoms with van der Waals surface area (Å²) < 4.78 is 1.76. The van der Waals surface area contributed by atoms with Gasteiger partial charge < -0.3 is 5.32 Å². The van der Waals surface area contributed by atoms with Crippen LogP contribution in [0.2, 0.25) is 5.02 Å². The maximum absolute atomic E-state index is 9.11. The van der Waals surface area contributed by atoms with Crippen molar-refractivity contribution >= 4 is 11.6 Å². The average Bonchev–Trinajstić information content (AvgIpc) is 2.84. The summed E-state index contributed by atoms with van der Waals surface area (Å²) in [5.74, 6) is 0.351. The normalized spacial score (nSPS) is 11.3. The third kappa shape index (κ3) is 3.38. The van der Waals surface area contributed by atoms with Gasteiger partial charge in [0.15, 0.2) is 0 Å². The van der Waals surface area contributed by atoms with E-state index < -0.39 is 0 Å². The molecular weight excluding hydrogens is 272 g/mol. The Bertz CT molecular complexity index is 647. The average molecular weight is 289 g/mol. The van der Waals surface area contributed by atoms with Crippen LogP contribution < -0.4 is 5.32 Å². The van der Waals surface area contributed by atoms with Crippen LogP contribution in [0.25, 0.3) is 5.69 Å². The van der Waals surface area contributed by atoms with Crippen molar-refractivity contribution in [2.24, 2.45) is 0 Å². The fourth-order valence-corrected chi connectivity index (χ4v) is 2.02. The predicted molar refractivity (Wildman–Crippen MR) is 79.9 cm³/mol. The molecule has 1 aromatic carbocycles. The molecule has 1 heterocycles. The molecule has 20 heavy (non-hydrogen) atoms. The SMILES string of the molecule is CC(C)(C)NCc1ccc(Cl)cc1-n1ccnc1C#N. The first-order valence-electron chi connectivity index (χ1n) is 6.38. The second-order valence-corrected chi connectivity index (χ2v) is 6.05. The van der Waals surface area contributed by atoms with Gasteiger partial charge in [0.2, 0.25) is 5.82 Å². The summed E-state index contributed by atoms with van der Waals surface area (Å²) in [6, 6.07) is 7.76. The summed E-state index contributed by atoms with van der Waals surface area (Å²) in [7, 11) is 0. The molecule has 0 aliphatic rings. The number of nitriles is 1. The van der Waals surface area contributed by atoms with Crippen LogP contribution in [0, 0.1) is 11.3 Å². The Kier molecular flexibility index (Phi) is 4.12. The van der Waals surface area contributed by atoms with Gasteiger partial charge in [0.25, 0.3) is 0 Å². The highest BCUT2D eigenvalue weighted by Gasteiger charge is 2.13. The zero-order valence-electron chi connectivity index (χ0n) is 11.8. The smallest absolute Gasteiger partial charge is 0.217 e. The highest BCUT2D eigenvalue weighted by molar-refractivity contribution is 6.30. The summed E-state index contributed by atoms with van der Waals surface area (Å²) in [5, 5.41) is 13.2. The van der Waals surface area contributed by atoms with E-state index in [9.17, 15) is 0 Å². The highest BCUT2D eigenvalue weighted by atomic mass is 35.5. The molecule has 0 fully saturated rings. The van der Waals surface area contributed by atoms with Crippen LogP contribution in [0.15, 0.2) is 30.6 Å². The Balaban J connectivity index is 2.42. The summed E-state index contributed by atoms with van der Waals surface area (Å²) in [5.41, 5.74) is 1.96. The van der Waals surface area contributed by atoms with Gasteiger partial charge in [-0.2, -0.15) is 5.26 Å². The standard InChI is InChI=1S/C15H17ClN4/c1-15(2,3)19-10-11-4-5-12(16)8-13(11)20-7-6-18-14(20)9-17/h4-8,19H,10H2,1-3H3. The van der Waals surface area contributed by atoms with E-state index in [-0.39, 0.29) is 5.54 Å². The Morgan fingerprint density at radius 2 is 2.15 bits per heavy atom. The molecule has 1 aromatic heterocycles. The lowest BCUT2D eigenvalue weighted by Gasteiger charge is -2.22. The predicted octanol–water partition coefficient (Wildman–Crippen LogP) is 3.29. The Labute approximate surface area is 124 Å². The zero-order valence-corrected chi connectivity index (χ0v) is 12.6. The lowest BCUT2D eigenvalue weighted by Crippen LogP contribution is -2.35. The van der Waals surface area contributed by atoms with Gasteiger partial charge in [-0.1, -0.05) is 17.7 Å². The van der Waals surface area contributed by atoms with E-state index in [2.05, 4.69) is 37.1 Å². The number of rotatable bonds is 3. The second kappa shape index (κ2) is 5.66. The number of nitrogens with zero attached hydrogens (tertiary/aromatic N) is 3. The van der Waals surface area contributed by atoms with Crippen LogP contribution >= 0.6 is 11.6 Å². The number of benzene rings is 1. The molecule has 0 atom stereocenters. The molecule has 0 aliphatic heterocycles. The molecule has 0 spiro atoms. The number of hydrogen-bond donors (Lipinski definition) is 1. The monoisotopic (exact) mass is 288 g/mol. The summed E-state index contributed by atoms with van der Waals surface area (Å²) >= 11 is 6.08. The molecule has 2 rings (SSSR count). The molecule has 5 heteroatoms. The van der Waals surface area contributed by atoms with E-state index in [0.29, 0.717) is 17.4 Å². The number of halogens is 1. The van der Waals surface area contributed by atoms with E-state index in [4.69, 9.17) is 16.9 Å². The molecule has 0 unspecified atom stereocenters. The molecule has 0 aliphatic carbocycles. The summed E-state index contributed by atoms with van der Waals surface area (Å²) in [4.78, 5) is 4.03. The van der Waals surface area contributed by atoms with Crippen LogP contribution in [0.5, 0.6) is 0 Å². The topological polar surface area (TPSA) is 53.6 Å². The van der Waals surface area contributed by atoms with Crippen LogP contribution in [0.4, 0.5) is 0 Å². The maximum Gasteiger partial charge on any atom is 0.217 e. The molecule has 0 amide bonds. The van der Waals surface area contributed by atoms with E-state index in [0.717, 1.165) is 11.3 Å². The maximum atomic E-state index is 9.11. The minimum absolute atomic E-state index is 0.0178. The first-order chi connectivity index (χ1) is 9.40. The van der Waals surface area contributed by atoms with Gasteiger partial charge in [-0.05, 0) is 38.5 Å². The Morgan fingerprint density at radius 3 is 2.80 bits per heavy atom. The van der Waals surface area contributed by atoms with Crippen molar-refractivity contribution in [3.8, 4) is 11.8 Å². The van der Waals surface area contributed by atoms with Gasteiger partial charge >= 0.3 is 0 Å². The van der Waals surface area contributed by atoms with Crippen LogP contribution in [0.3, 0.4) is 0 Å². The van der Waals surface area contributed by atoms with Crippen LogP contribution in [-0.4, -0.2) is 15.1 Å². The van der Waals surface area contributed by atoms with Crippen LogP contribution in [0.1, 0.15) is 32.2 Å². The van der Waals surface area contributed by atoms with Crippen molar-refractivity contribution in [3.05, 3.63) is 47.0 Å². The number of imidazole rings is 1. The second-order valence-electron chi connectivity index (χ2n) is 5.61. The molecule has 2 aromatic rings. The van der Waals surface area contributed by atoms with Gasteiger partial charge in [-0.15, -0.1) is 0 Å². The summed E-state index contributed by atoms with van der Waals surface area (Å²) in [6.07, 6.45) is 3.38. The molecule has 104 valence electrons. The lowest BCUT2D eigenvalue weighted by atomic mass is 10.1. The Hall–Kier alpha value is -1.83. The number of hydrogen-bond acceptors (Lipinski definition) is 3. The van der Waals surface area contributed by atoms with Gasteiger partial charge in [0, 0.05) is 29.5 Å². The third-order valence-electron chi connectivity index (χ3n) is 2.86. The van der Waals surface area contributed by atoms with E-state index in [1.54, 1.807) is 17.0 Å². The molecule has 1 N–H and O–H groups in total. The molecule has 0 saturated heterocycles. The van der Waals surface area contributed by atoms with Gasteiger partial charge in [0.05, 0.1) is 5.69 Å². The molecule has 0 saturated carbocycles. The molecule has 4 nitrogen and oxygen atoms in total. The van der Waals surface area contributed by atoms with Crippen molar-refractivity contribution in [3.63, 3.8) is 0 Å². The van der Waals surface area contributed by atoms with Crippen molar-refractivity contribution in [2.45, 2.75) is 32.9 Å². The highest BCUT2D eigenvalue weighted by Crippen LogP contribution is 2.22. The van der Waals surface area contributed by atoms with Crippen molar-refractivity contribution < 1.29 is 0 Å². The van der Waals surface area contributed by atoms with Gasteiger partial charge in [-0.25, -0.2) is 4.98 Å². The van der Waals surface area contributed by atoms with Crippen molar-refractivity contribution in [2.75, 3.05) is 0 Å². The molecule has 0 radical (unpaired) electrons. The first kappa shape index (κ1) is 14.6. The van der Waals surface area contributed by atoms with E-state index in [1.807, 2.05) is 18.2 Å². The Morgan fingerprint density at radius 1 is 1.40 bits per heavy atom. The molecular formula is C15H17ClN4. The van der Waals surface area contributed by atoms with Gasteiger partial charge in [-0.3, -0.25) is 4.57 Å². The van der Waals surface area contributed by atoms with Crippen LogP contribution in [-0.2, 0) is 6.54 Å². The van der Waals surface area contributed by atoms with E-state index in [1.165, 1.54) is 0 Å². The third-order valence-corrected chi connectivity index (χ3v) is 3.09. The summed E-state index contributed by atoms with van der Waals surface area (Å²) in [6.45, 7) is 7.03. The first-order valence-corrected chi connectivity index (χ1v) is 6.76.